The van der Waals surface area contributed by atoms with Crippen LogP contribution >= 0.6 is 11.3 Å². The van der Waals surface area contributed by atoms with Gasteiger partial charge in [0.1, 0.15) is 9.88 Å². The molecule has 0 aliphatic rings. The average molecular weight is 250 g/mol. The van der Waals surface area contributed by atoms with Crippen molar-refractivity contribution < 1.29 is 9.90 Å². The highest BCUT2D eigenvalue weighted by atomic mass is 32.1. The molecule has 0 aliphatic carbocycles. The van der Waals surface area contributed by atoms with E-state index >= 15 is 0 Å². The zero-order valence-corrected chi connectivity index (χ0v) is 11.1. The van der Waals surface area contributed by atoms with Gasteiger partial charge >= 0.3 is 5.97 Å². The summed E-state index contributed by atoms with van der Waals surface area (Å²) in [4.78, 5) is 15.7. The Hall–Kier alpha value is -1.62. The van der Waals surface area contributed by atoms with E-state index in [0.29, 0.717) is 10.6 Å². The van der Waals surface area contributed by atoms with Crippen LogP contribution in [0, 0.1) is 20.8 Å². The summed E-state index contributed by atoms with van der Waals surface area (Å²) in [5, 5.41) is 9.80. The highest BCUT2D eigenvalue weighted by Crippen LogP contribution is 2.31. The second-order valence-electron chi connectivity index (χ2n) is 4.08. The Morgan fingerprint density at radius 1 is 1.41 bits per heavy atom. The number of carboxylic acid groups (broad SMARTS) is 1. The molecule has 0 unspecified atom stereocenters. The Morgan fingerprint density at radius 3 is 2.47 bits per heavy atom. The third-order valence-electron chi connectivity index (χ3n) is 3.00. The first kappa shape index (κ1) is 11.9. The number of nitrogens with zero attached hydrogens (tertiary/aromatic N) is 2. The SMILES string of the molecule is Cc1nc(-c2cc(C)n(C)c2C)sc1C(=O)O. The van der Waals surface area contributed by atoms with Gasteiger partial charge in [0.05, 0.1) is 5.69 Å². The fourth-order valence-electron chi connectivity index (χ4n) is 1.78. The highest BCUT2D eigenvalue weighted by Gasteiger charge is 2.17. The lowest BCUT2D eigenvalue weighted by atomic mass is 10.2. The number of aryl methyl sites for hydroxylation is 2. The van der Waals surface area contributed by atoms with E-state index in [1.54, 1.807) is 6.92 Å². The van der Waals surface area contributed by atoms with E-state index in [9.17, 15) is 4.79 Å². The predicted octanol–water partition coefficient (Wildman–Crippen LogP) is 2.77. The minimum atomic E-state index is -0.906. The van der Waals surface area contributed by atoms with Crippen LogP contribution < -0.4 is 0 Å². The molecule has 0 spiro atoms. The topological polar surface area (TPSA) is 55.1 Å². The molecule has 0 radical (unpaired) electrons. The maximum Gasteiger partial charge on any atom is 0.347 e. The number of aromatic carboxylic acids is 1. The summed E-state index contributed by atoms with van der Waals surface area (Å²) in [6, 6.07) is 2.04. The normalized spacial score (nSPS) is 10.8. The number of hydrogen-bond acceptors (Lipinski definition) is 3. The van der Waals surface area contributed by atoms with Crippen LogP contribution in [0.4, 0.5) is 0 Å². The Balaban J connectivity index is 2.57. The van der Waals surface area contributed by atoms with E-state index in [0.717, 1.165) is 22.0 Å². The Kier molecular flexibility index (Phi) is 2.79. The van der Waals surface area contributed by atoms with Crippen LogP contribution in [0.15, 0.2) is 6.07 Å². The molecule has 2 aromatic rings. The van der Waals surface area contributed by atoms with Crippen LogP contribution in [0.25, 0.3) is 10.6 Å². The Morgan fingerprint density at radius 2 is 2.06 bits per heavy atom. The molecular weight excluding hydrogens is 236 g/mol. The molecule has 0 atom stereocenters. The quantitative estimate of drug-likeness (QED) is 0.891. The molecule has 0 fully saturated rings. The van der Waals surface area contributed by atoms with Crippen molar-refractivity contribution in [3.05, 3.63) is 28.0 Å². The van der Waals surface area contributed by atoms with E-state index in [1.165, 1.54) is 11.3 Å². The standard InChI is InChI=1S/C12H14N2O2S/c1-6-5-9(8(3)14(6)4)11-13-7(2)10(17-11)12(15)16/h5H,1-4H3,(H,15,16). The number of aromatic nitrogens is 2. The molecule has 5 heteroatoms. The first-order valence-electron chi connectivity index (χ1n) is 5.25. The van der Waals surface area contributed by atoms with Crippen LogP contribution in [-0.4, -0.2) is 20.6 Å². The van der Waals surface area contributed by atoms with Crippen molar-refractivity contribution in [3.8, 4) is 10.6 Å². The first-order valence-corrected chi connectivity index (χ1v) is 6.07. The van der Waals surface area contributed by atoms with Gasteiger partial charge in [-0.2, -0.15) is 0 Å². The van der Waals surface area contributed by atoms with Gasteiger partial charge in [0.25, 0.3) is 0 Å². The van der Waals surface area contributed by atoms with Crippen LogP contribution in [0.2, 0.25) is 0 Å². The van der Waals surface area contributed by atoms with Gasteiger partial charge in [0.15, 0.2) is 0 Å². The largest absolute Gasteiger partial charge is 0.477 e. The van der Waals surface area contributed by atoms with Gasteiger partial charge in [-0.25, -0.2) is 9.78 Å². The van der Waals surface area contributed by atoms with Gasteiger partial charge < -0.3 is 9.67 Å². The van der Waals surface area contributed by atoms with E-state index in [2.05, 4.69) is 9.55 Å². The van der Waals surface area contributed by atoms with Crippen molar-refractivity contribution in [1.82, 2.24) is 9.55 Å². The molecule has 1 N–H and O–H groups in total. The molecule has 0 saturated carbocycles. The molecule has 4 nitrogen and oxygen atoms in total. The summed E-state index contributed by atoms with van der Waals surface area (Å²) in [6.07, 6.45) is 0. The number of rotatable bonds is 2. The fourth-order valence-corrected chi connectivity index (χ4v) is 2.76. The summed E-state index contributed by atoms with van der Waals surface area (Å²) in [7, 11) is 1.99. The molecule has 17 heavy (non-hydrogen) atoms. The summed E-state index contributed by atoms with van der Waals surface area (Å²) in [6.45, 7) is 5.77. The summed E-state index contributed by atoms with van der Waals surface area (Å²) in [5.74, 6) is -0.906. The van der Waals surface area contributed by atoms with Crippen LogP contribution in [0.5, 0.6) is 0 Å². The predicted molar refractivity (Wildman–Crippen MR) is 67.7 cm³/mol. The molecule has 0 amide bonds. The minimum Gasteiger partial charge on any atom is -0.477 e. The van der Waals surface area contributed by atoms with Crippen molar-refractivity contribution in [3.63, 3.8) is 0 Å². The van der Waals surface area contributed by atoms with Gasteiger partial charge in [0, 0.05) is 24.0 Å². The third-order valence-corrected chi connectivity index (χ3v) is 4.18. The van der Waals surface area contributed by atoms with Crippen molar-refractivity contribution in [1.29, 1.82) is 0 Å². The van der Waals surface area contributed by atoms with E-state index in [-0.39, 0.29) is 0 Å². The lowest BCUT2D eigenvalue weighted by molar-refractivity contribution is 0.0701. The zero-order chi connectivity index (χ0) is 12.7. The van der Waals surface area contributed by atoms with Crippen LogP contribution in [0.3, 0.4) is 0 Å². The molecule has 2 aromatic heterocycles. The lowest BCUT2D eigenvalue weighted by Crippen LogP contribution is -1.94. The Bertz CT molecular complexity index is 596. The number of thiazole rings is 1. The third kappa shape index (κ3) is 1.86. The molecule has 90 valence electrons. The monoisotopic (exact) mass is 250 g/mol. The second kappa shape index (κ2) is 4.00. The smallest absolute Gasteiger partial charge is 0.347 e. The maximum atomic E-state index is 11.0. The van der Waals surface area contributed by atoms with Crippen molar-refractivity contribution in [2.24, 2.45) is 7.05 Å². The van der Waals surface area contributed by atoms with E-state index in [1.807, 2.05) is 27.0 Å². The maximum absolute atomic E-state index is 11.0. The van der Waals surface area contributed by atoms with Gasteiger partial charge in [-0.1, -0.05) is 0 Å². The van der Waals surface area contributed by atoms with Crippen molar-refractivity contribution in [2.75, 3.05) is 0 Å². The van der Waals surface area contributed by atoms with Gasteiger partial charge in [-0.05, 0) is 26.8 Å². The van der Waals surface area contributed by atoms with Crippen molar-refractivity contribution in [2.45, 2.75) is 20.8 Å². The van der Waals surface area contributed by atoms with E-state index in [4.69, 9.17) is 5.11 Å². The fraction of sp³-hybridized carbons (Fsp3) is 0.333. The zero-order valence-electron chi connectivity index (χ0n) is 10.2. The van der Waals surface area contributed by atoms with Gasteiger partial charge in [-0.3, -0.25) is 0 Å². The molecule has 0 aromatic carbocycles. The lowest BCUT2D eigenvalue weighted by Gasteiger charge is -1.99. The van der Waals surface area contributed by atoms with Gasteiger partial charge in [-0.15, -0.1) is 11.3 Å². The number of hydrogen-bond donors (Lipinski definition) is 1. The van der Waals surface area contributed by atoms with E-state index < -0.39 is 5.97 Å². The highest BCUT2D eigenvalue weighted by molar-refractivity contribution is 7.17. The van der Waals surface area contributed by atoms with Gasteiger partial charge in [0.2, 0.25) is 0 Å². The summed E-state index contributed by atoms with van der Waals surface area (Å²) in [5.41, 5.74) is 3.85. The number of carboxylic acids is 1. The molecular formula is C12H14N2O2S. The first-order chi connectivity index (χ1) is 7.91. The second-order valence-corrected chi connectivity index (χ2v) is 5.08. The molecule has 2 rings (SSSR count). The number of carbonyl (C=O) groups is 1. The molecule has 0 saturated heterocycles. The van der Waals surface area contributed by atoms with Crippen LogP contribution in [0.1, 0.15) is 26.8 Å². The molecule has 0 aliphatic heterocycles. The van der Waals surface area contributed by atoms with Crippen molar-refractivity contribution >= 4 is 17.3 Å². The minimum absolute atomic E-state index is 0.320. The molecule has 2 heterocycles. The summed E-state index contributed by atoms with van der Waals surface area (Å²) < 4.78 is 2.08. The Labute approximate surface area is 104 Å². The van der Waals surface area contributed by atoms with Crippen LogP contribution in [-0.2, 0) is 7.05 Å². The average Bonchev–Trinajstić information content (AvgIpc) is 2.75. The molecule has 0 bridgehead atoms. The summed E-state index contributed by atoms with van der Waals surface area (Å²) >= 11 is 1.23.